The van der Waals surface area contributed by atoms with Gasteiger partial charge in [0.05, 0.1) is 21.6 Å². The first-order chi connectivity index (χ1) is 15.2. The van der Waals surface area contributed by atoms with Crippen LogP contribution in [0.25, 0.3) is 11.0 Å². The minimum atomic E-state index is -3.53. The summed E-state index contributed by atoms with van der Waals surface area (Å²) in [4.78, 5) is 23.3. The first-order valence-corrected chi connectivity index (χ1v) is 13.1. The molecule has 172 valence electrons. The van der Waals surface area contributed by atoms with Gasteiger partial charge < -0.3 is 9.88 Å². The number of imidazole rings is 1. The highest BCUT2D eigenvalue weighted by molar-refractivity contribution is 7.89. The second kappa shape index (κ2) is 8.92. The van der Waals surface area contributed by atoms with Crippen molar-refractivity contribution in [2.24, 2.45) is 5.92 Å². The first-order valence-electron chi connectivity index (χ1n) is 10.9. The Labute approximate surface area is 192 Å². The number of sulfonamides is 1. The Hall–Kier alpha value is -2.30. The summed E-state index contributed by atoms with van der Waals surface area (Å²) >= 11 is 1.58. The molecule has 0 aliphatic heterocycles. The molecule has 1 unspecified atom stereocenters. The van der Waals surface area contributed by atoms with E-state index in [0.717, 1.165) is 36.3 Å². The normalized spacial score (nSPS) is 16.5. The Balaban J connectivity index is 1.48. The summed E-state index contributed by atoms with van der Waals surface area (Å²) in [6.45, 7) is 4.94. The van der Waals surface area contributed by atoms with Crippen LogP contribution < -0.4 is 5.32 Å². The van der Waals surface area contributed by atoms with Crippen LogP contribution in [0.2, 0.25) is 0 Å². The van der Waals surface area contributed by atoms with Crippen molar-refractivity contribution in [2.75, 3.05) is 19.4 Å². The average Bonchev–Trinajstić information content (AvgIpc) is 3.30. The number of amides is 1. The van der Waals surface area contributed by atoms with Gasteiger partial charge >= 0.3 is 0 Å². The van der Waals surface area contributed by atoms with Gasteiger partial charge in [-0.15, -0.1) is 11.3 Å². The van der Waals surface area contributed by atoms with Crippen LogP contribution >= 0.6 is 11.3 Å². The molecule has 0 saturated heterocycles. The topological polar surface area (TPSA) is 97.2 Å². The molecule has 1 amide bonds. The highest BCUT2D eigenvalue weighted by Gasteiger charge is 2.22. The third-order valence-corrected chi connectivity index (χ3v) is 8.75. The number of aromatic nitrogens is 3. The molecular weight excluding hydrogens is 446 g/mol. The number of thiazole rings is 1. The average molecular weight is 476 g/mol. The smallest absolute Gasteiger partial charge is 0.242 e. The summed E-state index contributed by atoms with van der Waals surface area (Å²) in [6.07, 6.45) is 3.91. The summed E-state index contributed by atoms with van der Waals surface area (Å²) < 4.78 is 28.1. The maximum Gasteiger partial charge on any atom is 0.242 e. The van der Waals surface area contributed by atoms with Crippen LogP contribution in [-0.2, 0) is 40.6 Å². The quantitative estimate of drug-likeness (QED) is 0.564. The van der Waals surface area contributed by atoms with E-state index in [1.54, 1.807) is 29.5 Å². The zero-order valence-electron chi connectivity index (χ0n) is 18.9. The van der Waals surface area contributed by atoms with Crippen molar-refractivity contribution in [3.63, 3.8) is 0 Å². The number of anilines is 1. The van der Waals surface area contributed by atoms with Gasteiger partial charge in [-0.2, -0.15) is 0 Å². The van der Waals surface area contributed by atoms with Crippen molar-refractivity contribution < 1.29 is 13.2 Å². The van der Waals surface area contributed by atoms with Gasteiger partial charge in [-0.05, 0) is 50.3 Å². The van der Waals surface area contributed by atoms with Crippen molar-refractivity contribution in [2.45, 2.75) is 57.4 Å². The Morgan fingerprint density at radius 2 is 2.09 bits per heavy atom. The molecule has 0 fully saturated rings. The van der Waals surface area contributed by atoms with Gasteiger partial charge in [0.1, 0.15) is 5.82 Å². The number of hydrogen-bond donors (Lipinski definition) is 1. The van der Waals surface area contributed by atoms with Crippen LogP contribution in [0.4, 0.5) is 5.13 Å². The molecule has 2 aromatic heterocycles. The summed E-state index contributed by atoms with van der Waals surface area (Å²) in [5.74, 6) is 1.35. The fraction of sp³-hybridized carbons (Fsp3) is 0.500. The minimum absolute atomic E-state index is 0.0882. The molecule has 2 heterocycles. The standard InChI is InChI=1S/C22H29N5O3S2/c1-5-27-18-9-7-15(32(29,30)26(3)4)13-17(18)23-20(27)10-11-21(28)25-22-24-16-8-6-14(2)12-19(16)31-22/h7,9,13-14H,5-6,8,10-12H2,1-4H3,(H,24,25,28). The molecule has 0 bridgehead atoms. The number of hydrogen-bond acceptors (Lipinski definition) is 6. The van der Waals surface area contributed by atoms with Crippen molar-refractivity contribution in [3.8, 4) is 0 Å². The molecule has 1 atom stereocenters. The van der Waals surface area contributed by atoms with E-state index in [9.17, 15) is 13.2 Å². The number of benzene rings is 1. The molecule has 10 heteroatoms. The lowest BCUT2D eigenvalue weighted by atomic mass is 9.93. The van der Waals surface area contributed by atoms with Gasteiger partial charge in [0.15, 0.2) is 5.13 Å². The molecule has 1 aromatic carbocycles. The van der Waals surface area contributed by atoms with Crippen molar-refractivity contribution in [1.82, 2.24) is 18.8 Å². The van der Waals surface area contributed by atoms with E-state index in [4.69, 9.17) is 0 Å². The van der Waals surface area contributed by atoms with E-state index in [2.05, 4.69) is 22.2 Å². The third kappa shape index (κ3) is 4.44. The maximum atomic E-state index is 12.6. The van der Waals surface area contributed by atoms with Crippen LogP contribution in [0.1, 0.15) is 43.1 Å². The fourth-order valence-electron chi connectivity index (χ4n) is 4.07. The second-order valence-corrected chi connectivity index (χ2v) is 11.7. The van der Waals surface area contributed by atoms with E-state index in [1.807, 2.05) is 11.5 Å². The van der Waals surface area contributed by atoms with Crippen LogP contribution in [0.15, 0.2) is 23.1 Å². The third-order valence-electron chi connectivity index (χ3n) is 5.90. The van der Waals surface area contributed by atoms with E-state index >= 15 is 0 Å². The predicted octanol–water partition coefficient (Wildman–Crippen LogP) is 3.46. The number of fused-ring (bicyclic) bond motifs is 2. The molecule has 1 aliphatic carbocycles. The number of aryl methyl sites for hydroxylation is 3. The zero-order valence-corrected chi connectivity index (χ0v) is 20.5. The maximum absolute atomic E-state index is 12.6. The Morgan fingerprint density at radius 3 is 2.81 bits per heavy atom. The Bertz CT molecular complexity index is 1260. The van der Waals surface area contributed by atoms with Crippen LogP contribution in [-0.4, -0.2) is 47.3 Å². The molecule has 1 N–H and O–H groups in total. The summed E-state index contributed by atoms with van der Waals surface area (Å²) in [6, 6.07) is 4.99. The number of carbonyl (C=O) groups is 1. The number of rotatable bonds is 7. The van der Waals surface area contributed by atoms with Gasteiger partial charge in [-0.3, -0.25) is 4.79 Å². The molecule has 8 nitrogen and oxygen atoms in total. The van der Waals surface area contributed by atoms with Crippen molar-refractivity contribution >= 4 is 43.4 Å². The molecule has 3 aromatic rings. The molecule has 0 radical (unpaired) electrons. The van der Waals surface area contributed by atoms with Gasteiger partial charge in [0, 0.05) is 38.4 Å². The number of nitrogens with zero attached hydrogens (tertiary/aromatic N) is 4. The lowest BCUT2D eigenvalue weighted by molar-refractivity contribution is -0.116. The molecule has 1 aliphatic rings. The SMILES string of the molecule is CCn1c(CCC(=O)Nc2nc3c(s2)CC(C)CC3)nc2cc(S(=O)(=O)N(C)C)ccc21. The lowest BCUT2D eigenvalue weighted by Crippen LogP contribution is -2.22. The summed E-state index contributed by atoms with van der Waals surface area (Å²) in [7, 11) is -0.515. The molecular formula is C22H29N5O3S2. The molecule has 4 rings (SSSR count). The van der Waals surface area contributed by atoms with Crippen LogP contribution in [0.3, 0.4) is 0 Å². The summed E-state index contributed by atoms with van der Waals surface area (Å²) in [5.41, 5.74) is 2.61. The fourth-order valence-corrected chi connectivity index (χ4v) is 6.18. The Morgan fingerprint density at radius 1 is 1.31 bits per heavy atom. The van der Waals surface area contributed by atoms with Crippen LogP contribution in [0.5, 0.6) is 0 Å². The minimum Gasteiger partial charge on any atom is -0.328 e. The first kappa shape index (κ1) is 22.9. The van der Waals surface area contributed by atoms with E-state index in [1.165, 1.54) is 23.3 Å². The van der Waals surface area contributed by atoms with Gasteiger partial charge in [-0.25, -0.2) is 22.7 Å². The lowest BCUT2D eigenvalue weighted by Gasteiger charge is -2.15. The molecule has 0 spiro atoms. The highest BCUT2D eigenvalue weighted by Crippen LogP contribution is 2.32. The van der Waals surface area contributed by atoms with Crippen molar-refractivity contribution in [1.29, 1.82) is 0 Å². The van der Waals surface area contributed by atoms with Crippen molar-refractivity contribution in [3.05, 3.63) is 34.6 Å². The van der Waals surface area contributed by atoms with Crippen LogP contribution in [0, 0.1) is 5.92 Å². The van der Waals surface area contributed by atoms with Gasteiger partial charge in [0.25, 0.3) is 0 Å². The van der Waals surface area contributed by atoms with E-state index in [-0.39, 0.29) is 17.2 Å². The number of nitrogens with one attached hydrogen (secondary N) is 1. The number of carbonyl (C=O) groups excluding carboxylic acids is 1. The highest BCUT2D eigenvalue weighted by atomic mass is 32.2. The second-order valence-electron chi connectivity index (χ2n) is 8.50. The molecule has 32 heavy (non-hydrogen) atoms. The monoisotopic (exact) mass is 475 g/mol. The van der Waals surface area contributed by atoms with Gasteiger partial charge in [0.2, 0.25) is 15.9 Å². The summed E-state index contributed by atoms with van der Waals surface area (Å²) in [5, 5.41) is 3.62. The Kier molecular flexibility index (Phi) is 6.37. The zero-order chi connectivity index (χ0) is 23.0. The van der Waals surface area contributed by atoms with E-state index < -0.39 is 10.0 Å². The van der Waals surface area contributed by atoms with E-state index in [0.29, 0.717) is 29.5 Å². The van der Waals surface area contributed by atoms with Gasteiger partial charge in [-0.1, -0.05) is 6.92 Å². The predicted molar refractivity (Wildman–Crippen MR) is 127 cm³/mol. The molecule has 0 saturated carbocycles. The largest absolute Gasteiger partial charge is 0.328 e.